The van der Waals surface area contributed by atoms with Gasteiger partial charge in [-0.2, -0.15) is 13.2 Å². The SMILES string of the molecule is Nc1cncc(C(=O)NC2(C(=O)NCc3ncc(Nc4ccccc4C(F)(F)F)cc3F)CCOC2)c1. The van der Waals surface area contributed by atoms with Gasteiger partial charge in [0.1, 0.15) is 11.4 Å². The lowest BCUT2D eigenvalue weighted by Crippen LogP contribution is -2.59. The van der Waals surface area contributed by atoms with Crippen molar-refractivity contribution >= 4 is 28.9 Å². The molecule has 1 unspecified atom stereocenters. The molecule has 194 valence electrons. The van der Waals surface area contributed by atoms with Crippen molar-refractivity contribution in [2.24, 2.45) is 0 Å². The molecule has 0 bridgehead atoms. The second kappa shape index (κ2) is 10.4. The van der Waals surface area contributed by atoms with E-state index in [1.165, 1.54) is 36.7 Å². The maximum atomic E-state index is 14.7. The number of hydrogen-bond acceptors (Lipinski definition) is 7. The van der Waals surface area contributed by atoms with Crippen molar-refractivity contribution in [1.82, 2.24) is 20.6 Å². The number of benzene rings is 1. The lowest BCUT2D eigenvalue weighted by atomic mass is 9.96. The van der Waals surface area contributed by atoms with E-state index in [9.17, 15) is 27.2 Å². The number of pyridine rings is 2. The number of carbonyl (C=O) groups excluding carboxylic acids is 2. The Labute approximate surface area is 208 Å². The molecule has 13 heteroatoms. The van der Waals surface area contributed by atoms with Crippen molar-refractivity contribution in [3.05, 3.63) is 77.6 Å². The first-order valence-corrected chi connectivity index (χ1v) is 11.0. The van der Waals surface area contributed by atoms with Gasteiger partial charge in [0.2, 0.25) is 5.91 Å². The number of anilines is 3. The number of rotatable bonds is 7. The number of nitrogens with one attached hydrogen (secondary N) is 3. The van der Waals surface area contributed by atoms with Gasteiger partial charge in [-0.25, -0.2) is 4.39 Å². The number of nitrogens with zero attached hydrogens (tertiary/aromatic N) is 2. The van der Waals surface area contributed by atoms with E-state index < -0.39 is 34.9 Å². The molecular formula is C24H22F4N6O3. The number of nitrogen functional groups attached to an aromatic ring is 1. The third-order valence-corrected chi connectivity index (χ3v) is 5.68. The van der Waals surface area contributed by atoms with Gasteiger partial charge in [-0.15, -0.1) is 0 Å². The lowest BCUT2D eigenvalue weighted by Gasteiger charge is -2.27. The Balaban J connectivity index is 1.43. The number of aromatic nitrogens is 2. The van der Waals surface area contributed by atoms with Gasteiger partial charge in [0, 0.05) is 31.5 Å². The zero-order valence-corrected chi connectivity index (χ0v) is 19.2. The van der Waals surface area contributed by atoms with Crippen molar-refractivity contribution in [3.63, 3.8) is 0 Å². The van der Waals surface area contributed by atoms with Crippen LogP contribution in [0.5, 0.6) is 0 Å². The number of nitrogens with two attached hydrogens (primary N) is 1. The molecule has 37 heavy (non-hydrogen) atoms. The highest BCUT2D eigenvalue weighted by Gasteiger charge is 2.44. The number of ether oxygens (including phenoxy) is 1. The summed E-state index contributed by atoms with van der Waals surface area (Å²) in [6.07, 6.45) is -0.596. The number of hydrogen-bond donors (Lipinski definition) is 4. The van der Waals surface area contributed by atoms with E-state index >= 15 is 0 Å². The van der Waals surface area contributed by atoms with Crippen LogP contribution in [0.2, 0.25) is 0 Å². The molecule has 0 spiro atoms. The molecule has 1 aliphatic heterocycles. The van der Waals surface area contributed by atoms with Crippen LogP contribution in [0, 0.1) is 5.82 Å². The summed E-state index contributed by atoms with van der Waals surface area (Å²) >= 11 is 0. The number of para-hydroxylation sites is 1. The fourth-order valence-electron chi connectivity index (χ4n) is 3.76. The van der Waals surface area contributed by atoms with E-state index in [2.05, 4.69) is 25.9 Å². The minimum atomic E-state index is -4.60. The standard InChI is InChI=1S/C24H22F4N6O3/c25-18-8-16(33-19-4-2-1-3-17(19)24(26,27)28)11-31-20(18)12-32-22(36)23(5-6-37-13-23)34-21(35)14-7-15(29)10-30-9-14/h1-4,7-11,33H,5-6,12-13,29H2,(H,32,36)(H,34,35). The Kier molecular flexibility index (Phi) is 7.25. The molecule has 1 saturated heterocycles. The summed E-state index contributed by atoms with van der Waals surface area (Å²) in [6, 6.07) is 7.16. The molecule has 2 aromatic heterocycles. The Morgan fingerprint density at radius 3 is 2.59 bits per heavy atom. The van der Waals surface area contributed by atoms with Crippen LogP contribution in [0.1, 0.15) is 28.0 Å². The second-order valence-electron chi connectivity index (χ2n) is 8.35. The molecular weight excluding hydrogens is 496 g/mol. The number of amides is 2. The van der Waals surface area contributed by atoms with Crippen LogP contribution in [-0.4, -0.2) is 40.5 Å². The Morgan fingerprint density at radius 1 is 1.14 bits per heavy atom. The Hall–Kier alpha value is -4.26. The van der Waals surface area contributed by atoms with Crippen LogP contribution in [0.4, 0.5) is 34.6 Å². The molecule has 5 N–H and O–H groups in total. The molecule has 9 nitrogen and oxygen atoms in total. The van der Waals surface area contributed by atoms with Gasteiger partial charge in [-0.1, -0.05) is 12.1 Å². The highest BCUT2D eigenvalue weighted by molar-refractivity contribution is 5.99. The van der Waals surface area contributed by atoms with Crippen LogP contribution in [0.15, 0.2) is 55.0 Å². The molecule has 0 radical (unpaired) electrons. The molecule has 1 fully saturated rings. The van der Waals surface area contributed by atoms with Crippen LogP contribution in [0.3, 0.4) is 0 Å². The van der Waals surface area contributed by atoms with Crippen molar-refractivity contribution in [2.75, 3.05) is 24.3 Å². The van der Waals surface area contributed by atoms with Gasteiger partial charge >= 0.3 is 6.18 Å². The summed E-state index contributed by atoms with van der Waals surface area (Å²) in [4.78, 5) is 33.5. The molecule has 1 atom stereocenters. The lowest BCUT2D eigenvalue weighted by molar-refractivity contribution is -0.137. The molecule has 3 heterocycles. The normalized spacial score (nSPS) is 17.3. The van der Waals surface area contributed by atoms with Crippen molar-refractivity contribution in [1.29, 1.82) is 0 Å². The molecule has 3 aromatic rings. The van der Waals surface area contributed by atoms with E-state index in [-0.39, 0.29) is 54.5 Å². The first kappa shape index (κ1) is 25.8. The molecule has 2 amide bonds. The van der Waals surface area contributed by atoms with Crippen LogP contribution in [-0.2, 0) is 22.3 Å². The van der Waals surface area contributed by atoms with E-state index in [0.717, 1.165) is 18.3 Å². The third-order valence-electron chi connectivity index (χ3n) is 5.68. The molecule has 1 aliphatic rings. The predicted molar refractivity (Wildman–Crippen MR) is 125 cm³/mol. The smallest absolute Gasteiger partial charge is 0.397 e. The number of halogens is 4. The Morgan fingerprint density at radius 2 is 1.92 bits per heavy atom. The summed E-state index contributed by atoms with van der Waals surface area (Å²) < 4.78 is 59.6. The summed E-state index contributed by atoms with van der Waals surface area (Å²) in [6.45, 7) is -0.214. The van der Waals surface area contributed by atoms with Crippen LogP contribution in [0.25, 0.3) is 0 Å². The zero-order valence-electron chi connectivity index (χ0n) is 19.2. The monoisotopic (exact) mass is 518 g/mol. The largest absolute Gasteiger partial charge is 0.418 e. The maximum absolute atomic E-state index is 14.7. The minimum absolute atomic E-state index is 0.00653. The highest BCUT2D eigenvalue weighted by Crippen LogP contribution is 2.35. The minimum Gasteiger partial charge on any atom is -0.397 e. The maximum Gasteiger partial charge on any atom is 0.418 e. The van der Waals surface area contributed by atoms with Gasteiger partial charge in [0.15, 0.2) is 0 Å². The number of carbonyl (C=O) groups is 2. The van der Waals surface area contributed by atoms with Gasteiger partial charge in [0.05, 0.1) is 53.2 Å². The second-order valence-corrected chi connectivity index (χ2v) is 8.35. The van der Waals surface area contributed by atoms with E-state index in [0.29, 0.717) is 0 Å². The summed E-state index contributed by atoms with van der Waals surface area (Å²) in [5, 5.41) is 7.71. The molecule has 0 aliphatic carbocycles. The fourth-order valence-corrected chi connectivity index (χ4v) is 3.76. The molecule has 1 aromatic carbocycles. The van der Waals surface area contributed by atoms with Crippen molar-refractivity contribution in [2.45, 2.75) is 24.7 Å². The molecule has 4 rings (SSSR count). The van der Waals surface area contributed by atoms with Gasteiger partial charge in [-0.3, -0.25) is 19.6 Å². The van der Waals surface area contributed by atoms with E-state index in [1.807, 2.05) is 0 Å². The van der Waals surface area contributed by atoms with E-state index in [1.54, 1.807) is 0 Å². The summed E-state index contributed by atoms with van der Waals surface area (Å²) in [5.41, 5.74) is 3.36. The van der Waals surface area contributed by atoms with E-state index in [4.69, 9.17) is 10.5 Å². The predicted octanol–water partition coefficient (Wildman–Crippen LogP) is 3.17. The topological polar surface area (TPSA) is 131 Å². The van der Waals surface area contributed by atoms with Gasteiger partial charge in [-0.05, 0) is 18.2 Å². The first-order chi connectivity index (χ1) is 17.6. The summed E-state index contributed by atoms with van der Waals surface area (Å²) in [7, 11) is 0. The average Bonchev–Trinajstić information content (AvgIpc) is 3.33. The third kappa shape index (κ3) is 5.94. The van der Waals surface area contributed by atoms with Gasteiger partial charge < -0.3 is 26.4 Å². The first-order valence-electron chi connectivity index (χ1n) is 11.0. The highest BCUT2D eigenvalue weighted by atomic mass is 19.4. The number of alkyl halides is 3. The zero-order chi connectivity index (χ0) is 26.6. The quantitative estimate of drug-likeness (QED) is 0.354. The fraction of sp³-hybridized carbons (Fsp3) is 0.250. The molecule has 0 saturated carbocycles. The summed E-state index contributed by atoms with van der Waals surface area (Å²) in [5.74, 6) is -2.04. The van der Waals surface area contributed by atoms with Crippen molar-refractivity contribution < 1.29 is 31.9 Å². The van der Waals surface area contributed by atoms with Crippen LogP contribution >= 0.6 is 0 Å². The van der Waals surface area contributed by atoms with Gasteiger partial charge in [0.25, 0.3) is 5.91 Å². The average molecular weight is 518 g/mol. The van der Waals surface area contributed by atoms with Crippen LogP contribution < -0.4 is 21.7 Å². The Bertz CT molecular complexity index is 1310. The van der Waals surface area contributed by atoms with Crippen molar-refractivity contribution in [3.8, 4) is 0 Å².